The second kappa shape index (κ2) is 8.30. The number of benzene rings is 1. The van der Waals surface area contributed by atoms with Gasteiger partial charge in [-0.25, -0.2) is 0 Å². The molecule has 4 heteroatoms. The van der Waals surface area contributed by atoms with Crippen molar-refractivity contribution >= 4 is 5.91 Å². The van der Waals surface area contributed by atoms with Crippen molar-refractivity contribution in [3.05, 3.63) is 35.4 Å². The first-order valence-corrected chi connectivity index (χ1v) is 8.14. The fraction of sp³-hybridized carbons (Fsp3) is 0.611. The van der Waals surface area contributed by atoms with Crippen LogP contribution < -0.4 is 0 Å². The van der Waals surface area contributed by atoms with Crippen LogP contribution in [0.15, 0.2) is 24.3 Å². The predicted molar refractivity (Wildman–Crippen MR) is 89.0 cm³/mol. The smallest absolute Gasteiger partial charge is 0.223 e. The van der Waals surface area contributed by atoms with Gasteiger partial charge < -0.3 is 14.5 Å². The molecule has 1 aromatic rings. The third-order valence-corrected chi connectivity index (χ3v) is 4.14. The van der Waals surface area contributed by atoms with E-state index in [0.29, 0.717) is 13.0 Å². The maximum absolute atomic E-state index is 12.4. The van der Waals surface area contributed by atoms with Crippen molar-refractivity contribution in [3.63, 3.8) is 0 Å². The highest BCUT2D eigenvalue weighted by Gasteiger charge is 2.23. The van der Waals surface area contributed by atoms with Gasteiger partial charge >= 0.3 is 0 Å². The van der Waals surface area contributed by atoms with Gasteiger partial charge in [0.15, 0.2) is 0 Å². The molecule has 0 saturated carbocycles. The number of hydrogen-bond donors (Lipinski definition) is 0. The number of rotatable bonds is 6. The molecule has 1 aliphatic rings. The zero-order valence-electron chi connectivity index (χ0n) is 14.0. The van der Waals surface area contributed by atoms with E-state index in [-0.39, 0.29) is 12.0 Å². The summed E-state index contributed by atoms with van der Waals surface area (Å²) in [6.45, 7) is 5.20. The van der Waals surface area contributed by atoms with Crippen LogP contribution in [0.2, 0.25) is 0 Å². The Morgan fingerprint density at radius 3 is 2.73 bits per heavy atom. The van der Waals surface area contributed by atoms with E-state index in [1.54, 1.807) is 0 Å². The summed E-state index contributed by atoms with van der Waals surface area (Å²) >= 11 is 0. The summed E-state index contributed by atoms with van der Waals surface area (Å²) in [5, 5.41) is 0. The average Bonchev–Trinajstić information content (AvgIpc) is 2.52. The molecule has 1 fully saturated rings. The van der Waals surface area contributed by atoms with E-state index in [1.807, 2.05) is 4.90 Å². The molecule has 0 unspecified atom stereocenters. The Morgan fingerprint density at radius 1 is 1.32 bits per heavy atom. The molecule has 1 heterocycles. The molecule has 1 saturated heterocycles. The molecule has 1 amide bonds. The van der Waals surface area contributed by atoms with Gasteiger partial charge in [-0.1, -0.05) is 29.8 Å². The number of hydrogen-bond acceptors (Lipinski definition) is 3. The van der Waals surface area contributed by atoms with Gasteiger partial charge in [-0.3, -0.25) is 4.79 Å². The largest absolute Gasteiger partial charge is 0.374 e. The van der Waals surface area contributed by atoms with Crippen LogP contribution >= 0.6 is 0 Å². The first-order chi connectivity index (χ1) is 10.5. The van der Waals surface area contributed by atoms with Gasteiger partial charge in [-0.05, 0) is 39.4 Å². The Balaban J connectivity index is 1.77. The van der Waals surface area contributed by atoms with Gasteiger partial charge in [0.2, 0.25) is 5.91 Å². The van der Waals surface area contributed by atoms with Gasteiger partial charge in [0.1, 0.15) is 0 Å². The summed E-state index contributed by atoms with van der Waals surface area (Å²) < 4.78 is 5.76. The lowest BCUT2D eigenvalue weighted by Gasteiger charge is -2.33. The van der Waals surface area contributed by atoms with Crippen LogP contribution in [0.1, 0.15) is 24.0 Å². The monoisotopic (exact) mass is 304 g/mol. The molecule has 22 heavy (non-hydrogen) atoms. The zero-order chi connectivity index (χ0) is 15.9. The molecular formula is C18H28N2O2. The highest BCUT2D eigenvalue weighted by Crippen LogP contribution is 2.12. The van der Waals surface area contributed by atoms with Crippen LogP contribution in [-0.2, 0) is 16.0 Å². The summed E-state index contributed by atoms with van der Waals surface area (Å²) in [5.74, 6) is 0.249. The molecule has 1 aliphatic heterocycles. The highest BCUT2D eigenvalue weighted by molar-refractivity contribution is 5.76. The number of amides is 1. The van der Waals surface area contributed by atoms with Gasteiger partial charge in [0.25, 0.3) is 0 Å². The van der Waals surface area contributed by atoms with Crippen LogP contribution in [0.25, 0.3) is 0 Å². The maximum atomic E-state index is 12.4. The van der Waals surface area contributed by atoms with Crippen LogP contribution in [-0.4, -0.2) is 62.1 Å². The van der Waals surface area contributed by atoms with Crippen molar-refractivity contribution < 1.29 is 9.53 Å². The second-order valence-electron chi connectivity index (χ2n) is 6.41. The van der Waals surface area contributed by atoms with Gasteiger partial charge in [0, 0.05) is 26.1 Å². The lowest BCUT2D eigenvalue weighted by Crippen LogP contribution is -2.46. The molecule has 1 atom stereocenters. The molecule has 0 aliphatic carbocycles. The molecule has 0 bridgehead atoms. The molecule has 1 aromatic carbocycles. The zero-order valence-corrected chi connectivity index (χ0v) is 14.0. The number of morpholine rings is 1. The van der Waals surface area contributed by atoms with Gasteiger partial charge in [-0.2, -0.15) is 0 Å². The number of aryl methyl sites for hydroxylation is 2. The molecular weight excluding hydrogens is 276 g/mol. The summed E-state index contributed by atoms with van der Waals surface area (Å²) in [6.07, 6.45) is 2.57. The topological polar surface area (TPSA) is 32.8 Å². The van der Waals surface area contributed by atoms with E-state index in [9.17, 15) is 4.79 Å². The van der Waals surface area contributed by atoms with Crippen LogP contribution in [0, 0.1) is 6.92 Å². The number of carbonyl (C=O) groups is 1. The van der Waals surface area contributed by atoms with Gasteiger partial charge in [-0.15, -0.1) is 0 Å². The Morgan fingerprint density at radius 2 is 2.05 bits per heavy atom. The molecule has 0 N–H and O–H groups in total. The lowest BCUT2D eigenvalue weighted by atomic mass is 10.1. The van der Waals surface area contributed by atoms with E-state index in [4.69, 9.17) is 4.74 Å². The average molecular weight is 304 g/mol. The SMILES string of the molecule is Cc1ccc(CCC(=O)N2CCO[C@@H](CCN(C)C)C2)cc1. The van der Waals surface area contributed by atoms with Crippen LogP contribution in [0.4, 0.5) is 0 Å². The quantitative estimate of drug-likeness (QED) is 0.807. The molecule has 0 aromatic heterocycles. The van der Waals surface area contributed by atoms with E-state index in [2.05, 4.69) is 50.2 Å². The minimum absolute atomic E-state index is 0.180. The minimum Gasteiger partial charge on any atom is -0.374 e. The van der Waals surface area contributed by atoms with Gasteiger partial charge in [0.05, 0.1) is 12.7 Å². The second-order valence-corrected chi connectivity index (χ2v) is 6.41. The molecule has 0 radical (unpaired) electrons. The van der Waals surface area contributed by atoms with E-state index < -0.39 is 0 Å². The fourth-order valence-corrected chi connectivity index (χ4v) is 2.69. The minimum atomic E-state index is 0.180. The normalized spacial score (nSPS) is 18.7. The summed E-state index contributed by atoms with van der Waals surface area (Å²) in [6, 6.07) is 8.43. The highest BCUT2D eigenvalue weighted by atomic mass is 16.5. The van der Waals surface area contributed by atoms with E-state index in [1.165, 1.54) is 11.1 Å². The Labute approximate surface area is 134 Å². The molecule has 4 nitrogen and oxygen atoms in total. The van der Waals surface area contributed by atoms with Crippen LogP contribution in [0.3, 0.4) is 0 Å². The van der Waals surface area contributed by atoms with Crippen molar-refractivity contribution in [1.82, 2.24) is 9.80 Å². The fourth-order valence-electron chi connectivity index (χ4n) is 2.69. The third kappa shape index (κ3) is 5.43. The number of ether oxygens (including phenoxy) is 1. The van der Waals surface area contributed by atoms with Crippen LogP contribution in [0.5, 0.6) is 0 Å². The first kappa shape index (κ1) is 17.0. The molecule has 122 valence electrons. The molecule has 0 spiro atoms. The molecule has 2 rings (SSSR count). The summed E-state index contributed by atoms with van der Waals surface area (Å²) in [5.41, 5.74) is 2.49. The Hall–Kier alpha value is -1.39. The van der Waals surface area contributed by atoms with Crippen molar-refractivity contribution in [3.8, 4) is 0 Å². The Kier molecular flexibility index (Phi) is 6.40. The Bertz CT molecular complexity index is 470. The maximum Gasteiger partial charge on any atom is 0.223 e. The predicted octanol–water partition coefficient (Wildman–Crippen LogP) is 2.11. The summed E-state index contributed by atoms with van der Waals surface area (Å²) in [7, 11) is 4.13. The van der Waals surface area contributed by atoms with E-state index in [0.717, 1.165) is 32.5 Å². The summed E-state index contributed by atoms with van der Waals surface area (Å²) in [4.78, 5) is 16.5. The van der Waals surface area contributed by atoms with E-state index >= 15 is 0 Å². The lowest BCUT2D eigenvalue weighted by molar-refractivity contribution is -0.139. The van der Waals surface area contributed by atoms with Crippen molar-refractivity contribution in [2.24, 2.45) is 0 Å². The van der Waals surface area contributed by atoms with Crippen molar-refractivity contribution in [1.29, 1.82) is 0 Å². The number of nitrogens with zero attached hydrogens (tertiary/aromatic N) is 2. The first-order valence-electron chi connectivity index (χ1n) is 8.14. The third-order valence-electron chi connectivity index (χ3n) is 4.14. The standard InChI is InChI=1S/C18H28N2O2/c1-15-4-6-16(7-5-15)8-9-18(21)20-12-13-22-17(14-20)10-11-19(2)3/h4-7,17H,8-14H2,1-3H3/t17-/m0/s1. The number of carbonyl (C=O) groups excluding carboxylic acids is 1. The van der Waals surface area contributed by atoms with Crippen molar-refractivity contribution in [2.45, 2.75) is 32.3 Å². The van der Waals surface area contributed by atoms with Crippen molar-refractivity contribution in [2.75, 3.05) is 40.3 Å².